The molecule has 0 amide bonds. The average molecular weight is 419 g/mol. The molecule has 154 valence electrons. The highest BCUT2D eigenvalue weighted by atomic mass is 32.2. The summed E-state index contributed by atoms with van der Waals surface area (Å²) in [4.78, 5) is 35.5. The van der Waals surface area contributed by atoms with Crippen molar-refractivity contribution in [1.29, 1.82) is 0 Å². The molecule has 0 bridgehead atoms. The molecule has 1 N–H and O–H groups in total. The SMILES string of the molecule is CC(=O)c1ccc(OCC(=O)O[C@H](C)C(=O)c2ccc(NS(C)(=O)=O)cc2)cc1. The average Bonchev–Trinajstić information content (AvgIpc) is 2.65. The molecule has 1 atom stereocenters. The van der Waals surface area contributed by atoms with Gasteiger partial charge in [0.15, 0.2) is 18.5 Å². The largest absolute Gasteiger partial charge is 0.482 e. The van der Waals surface area contributed by atoms with E-state index < -0.39 is 34.5 Å². The fourth-order valence-electron chi connectivity index (χ4n) is 2.36. The third-order valence-corrected chi connectivity index (χ3v) is 4.37. The van der Waals surface area contributed by atoms with Gasteiger partial charge in [0, 0.05) is 16.8 Å². The number of rotatable bonds is 9. The van der Waals surface area contributed by atoms with Gasteiger partial charge in [-0.15, -0.1) is 0 Å². The van der Waals surface area contributed by atoms with E-state index in [0.717, 1.165) is 6.26 Å². The number of ether oxygens (including phenoxy) is 2. The van der Waals surface area contributed by atoms with Crippen LogP contribution in [0.5, 0.6) is 5.75 Å². The topological polar surface area (TPSA) is 116 Å². The maximum absolute atomic E-state index is 12.4. The summed E-state index contributed by atoms with van der Waals surface area (Å²) in [6, 6.07) is 12.0. The molecule has 0 saturated carbocycles. The zero-order valence-corrected chi connectivity index (χ0v) is 17.0. The first-order valence-electron chi connectivity index (χ1n) is 8.60. The Balaban J connectivity index is 1.88. The van der Waals surface area contributed by atoms with Gasteiger partial charge in [0.1, 0.15) is 5.75 Å². The van der Waals surface area contributed by atoms with Crippen molar-refractivity contribution in [1.82, 2.24) is 0 Å². The van der Waals surface area contributed by atoms with Gasteiger partial charge in [-0.25, -0.2) is 13.2 Å². The van der Waals surface area contributed by atoms with Gasteiger partial charge >= 0.3 is 5.97 Å². The Morgan fingerprint density at radius 1 is 0.966 bits per heavy atom. The highest BCUT2D eigenvalue weighted by Crippen LogP contribution is 2.15. The number of hydrogen-bond acceptors (Lipinski definition) is 7. The molecule has 0 aliphatic heterocycles. The lowest BCUT2D eigenvalue weighted by Gasteiger charge is -2.13. The van der Waals surface area contributed by atoms with Crippen LogP contribution in [0.15, 0.2) is 48.5 Å². The number of anilines is 1. The van der Waals surface area contributed by atoms with E-state index in [1.54, 1.807) is 24.3 Å². The molecular formula is C20H21NO7S. The Hall–Kier alpha value is -3.20. The Labute approximate surface area is 168 Å². The normalized spacial score (nSPS) is 12.0. The number of carbonyl (C=O) groups is 3. The Morgan fingerprint density at radius 3 is 2.03 bits per heavy atom. The molecule has 0 aliphatic rings. The van der Waals surface area contributed by atoms with E-state index in [2.05, 4.69) is 4.72 Å². The Morgan fingerprint density at radius 2 is 1.52 bits per heavy atom. The maximum atomic E-state index is 12.4. The van der Waals surface area contributed by atoms with Crippen LogP contribution in [-0.2, 0) is 19.6 Å². The second-order valence-corrected chi connectivity index (χ2v) is 8.07. The van der Waals surface area contributed by atoms with Gasteiger partial charge in [-0.1, -0.05) is 0 Å². The molecule has 9 heteroatoms. The lowest BCUT2D eigenvalue weighted by Crippen LogP contribution is -2.27. The summed E-state index contributed by atoms with van der Waals surface area (Å²) in [6.45, 7) is 2.49. The summed E-state index contributed by atoms with van der Waals surface area (Å²) in [6.07, 6.45) is -0.0206. The molecule has 0 radical (unpaired) electrons. The minimum Gasteiger partial charge on any atom is -0.482 e. The number of nitrogens with one attached hydrogen (secondary N) is 1. The fraction of sp³-hybridized carbons (Fsp3) is 0.250. The molecule has 0 spiro atoms. The molecule has 0 heterocycles. The van der Waals surface area contributed by atoms with Gasteiger partial charge in [-0.3, -0.25) is 14.3 Å². The minimum absolute atomic E-state index is 0.0802. The number of hydrogen-bond donors (Lipinski definition) is 1. The zero-order chi connectivity index (χ0) is 21.6. The smallest absolute Gasteiger partial charge is 0.344 e. The van der Waals surface area contributed by atoms with Crippen molar-refractivity contribution in [3.8, 4) is 5.75 Å². The molecule has 8 nitrogen and oxygen atoms in total. The quantitative estimate of drug-likeness (QED) is 0.490. The van der Waals surface area contributed by atoms with Crippen molar-refractivity contribution in [2.24, 2.45) is 0 Å². The van der Waals surface area contributed by atoms with Crippen molar-refractivity contribution < 1.29 is 32.3 Å². The first-order valence-corrected chi connectivity index (χ1v) is 10.5. The highest BCUT2D eigenvalue weighted by molar-refractivity contribution is 7.92. The van der Waals surface area contributed by atoms with Crippen LogP contribution in [0.3, 0.4) is 0 Å². The van der Waals surface area contributed by atoms with E-state index in [4.69, 9.17) is 9.47 Å². The van der Waals surface area contributed by atoms with Crippen LogP contribution in [0.4, 0.5) is 5.69 Å². The summed E-state index contributed by atoms with van der Waals surface area (Å²) in [7, 11) is -3.41. The summed E-state index contributed by atoms with van der Waals surface area (Å²) in [5.74, 6) is -0.852. The molecule has 0 unspecified atom stereocenters. The lowest BCUT2D eigenvalue weighted by atomic mass is 10.1. The second kappa shape index (κ2) is 9.33. The van der Waals surface area contributed by atoms with E-state index >= 15 is 0 Å². The van der Waals surface area contributed by atoms with Crippen molar-refractivity contribution in [2.75, 3.05) is 17.6 Å². The number of Topliss-reactive ketones (excluding diaryl/α,β-unsaturated/α-hetero) is 2. The van der Waals surface area contributed by atoms with E-state index in [1.807, 2.05) is 0 Å². The molecule has 0 aromatic heterocycles. The number of esters is 1. The van der Waals surface area contributed by atoms with Gasteiger partial charge in [0.2, 0.25) is 15.8 Å². The molecule has 29 heavy (non-hydrogen) atoms. The monoisotopic (exact) mass is 419 g/mol. The first kappa shape index (κ1) is 22.1. The van der Waals surface area contributed by atoms with E-state index in [9.17, 15) is 22.8 Å². The third-order valence-electron chi connectivity index (χ3n) is 3.77. The van der Waals surface area contributed by atoms with E-state index in [-0.39, 0.29) is 11.3 Å². The number of carbonyl (C=O) groups excluding carboxylic acids is 3. The van der Waals surface area contributed by atoms with E-state index in [1.165, 1.54) is 38.1 Å². The van der Waals surface area contributed by atoms with Crippen LogP contribution in [0.2, 0.25) is 0 Å². The van der Waals surface area contributed by atoms with Crippen LogP contribution in [0.25, 0.3) is 0 Å². The predicted octanol–water partition coefficient (Wildman–Crippen LogP) is 2.45. The standard InChI is InChI=1S/C20H21NO7S/c1-13(22)15-6-10-18(11-7-15)27-12-19(23)28-14(2)20(24)16-4-8-17(9-5-16)21-29(3,25)26/h4-11,14,21H,12H2,1-3H3/t14-/m1/s1. The molecule has 0 saturated heterocycles. The van der Waals surface area contributed by atoms with Gasteiger partial charge in [0.05, 0.1) is 6.26 Å². The van der Waals surface area contributed by atoms with Crippen molar-refractivity contribution in [2.45, 2.75) is 20.0 Å². The van der Waals surface area contributed by atoms with Crippen molar-refractivity contribution in [3.63, 3.8) is 0 Å². The van der Waals surface area contributed by atoms with Crippen LogP contribution in [0.1, 0.15) is 34.6 Å². The van der Waals surface area contributed by atoms with Gasteiger partial charge in [-0.2, -0.15) is 0 Å². The second-order valence-electron chi connectivity index (χ2n) is 6.32. The van der Waals surface area contributed by atoms with Crippen LogP contribution in [-0.4, -0.2) is 44.9 Å². The molecule has 2 rings (SSSR count). The lowest BCUT2D eigenvalue weighted by molar-refractivity contribution is -0.148. The third kappa shape index (κ3) is 7.04. The zero-order valence-electron chi connectivity index (χ0n) is 16.2. The first-order chi connectivity index (χ1) is 13.5. The van der Waals surface area contributed by atoms with Crippen LogP contribution in [0, 0.1) is 0 Å². The fourth-order valence-corrected chi connectivity index (χ4v) is 2.93. The number of benzene rings is 2. The Bertz CT molecular complexity index is 996. The predicted molar refractivity (Wildman–Crippen MR) is 107 cm³/mol. The minimum atomic E-state index is -3.41. The molecule has 2 aromatic carbocycles. The molecule has 2 aromatic rings. The Kier molecular flexibility index (Phi) is 7.11. The highest BCUT2D eigenvalue weighted by Gasteiger charge is 2.20. The molecule has 0 fully saturated rings. The van der Waals surface area contributed by atoms with Gasteiger partial charge < -0.3 is 9.47 Å². The summed E-state index contributed by atoms with van der Waals surface area (Å²) >= 11 is 0. The van der Waals surface area contributed by atoms with Crippen LogP contribution < -0.4 is 9.46 Å². The van der Waals surface area contributed by atoms with Gasteiger partial charge in [-0.05, 0) is 62.4 Å². The molecular weight excluding hydrogens is 398 g/mol. The maximum Gasteiger partial charge on any atom is 0.344 e. The van der Waals surface area contributed by atoms with Crippen LogP contribution >= 0.6 is 0 Å². The summed E-state index contributed by atoms with van der Waals surface area (Å²) < 4.78 is 35.1. The summed E-state index contributed by atoms with van der Waals surface area (Å²) in [5, 5.41) is 0. The van der Waals surface area contributed by atoms with Gasteiger partial charge in [0.25, 0.3) is 0 Å². The summed E-state index contributed by atoms with van der Waals surface area (Å²) in [5.41, 5.74) is 1.11. The van der Waals surface area contributed by atoms with Crippen molar-refractivity contribution >= 4 is 33.2 Å². The molecule has 0 aliphatic carbocycles. The number of sulfonamides is 1. The number of ketones is 2. The van der Waals surface area contributed by atoms with E-state index in [0.29, 0.717) is 17.0 Å². The van der Waals surface area contributed by atoms with Crippen molar-refractivity contribution in [3.05, 3.63) is 59.7 Å².